The zero-order valence-electron chi connectivity index (χ0n) is 9.61. The molecule has 4 nitrogen and oxygen atoms in total. The fourth-order valence-electron chi connectivity index (χ4n) is 1.61. The van der Waals surface area contributed by atoms with E-state index < -0.39 is 22.5 Å². The van der Waals surface area contributed by atoms with Gasteiger partial charge in [0.05, 0.1) is 5.92 Å². The fourth-order valence-corrected chi connectivity index (χ4v) is 1.75. The predicted molar refractivity (Wildman–Crippen MR) is 72.9 cm³/mol. The van der Waals surface area contributed by atoms with Crippen molar-refractivity contribution in [1.29, 1.82) is 0 Å². The van der Waals surface area contributed by atoms with Gasteiger partial charge in [-0.2, -0.15) is 4.79 Å². The maximum atomic E-state index is 12.1. The Morgan fingerprint density at radius 2 is 2.11 bits per heavy atom. The van der Waals surface area contributed by atoms with Gasteiger partial charge in [-0.05, 0) is 24.2 Å². The molecule has 1 aromatic carbocycles. The van der Waals surface area contributed by atoms with E-state index in [1.165, 1.54) is 0 Å². The second-order valence-electron chi connectivity index (χ2n) is 3.61. The van der Waals surface area contributed by atoms with Crippen LogP contribution in [0.4, 0.5) is 0 Å². The minimum atomic E-state index is -0.715. The highest BCUT2D eigenvalue weighted by atomic mass is 32.1. The summed E-state index contributed by atoms with van der Waals surface area (Å²) in [5, 5.41) is 8.43. The van der Waals surface area contributed by atoms with Gasteiger partial charge in [-0.1, -0.05) is 36.4 Å². The molecule has 0 saturated carbocycles. The van der Waals surface area contributed by atoms with Crippen molar-refractivity contribution in [2.24, 2.45) is 0 Å². The third kappa shape index (κ3) is 3.20. The molecule has 5 heteroatoms. The van der Waals surface area contributed by atoms with Crippen molar-refractivity contribution < 1.29 is 14.7 Å². The van der Waals surface area contributed by atoms with Crippen LogP contribution in [0.15, 0.2) is 43.0 Å². The van der Waals surface area contributed by atoms with Gasteiger partial charge in [0, 0.05) is 0 Å². The van der Waals surface area contributed by atoms with Crippen LogP contribution in [0.3, 0.4) is 0 Å². The zero-order valence-corrected chi connectivity index (χ0v) is 10.4. The Labute approximate surface area is 110 Å². The second-order valence-corrected chi connectivity index (χ2v) is 3.99. The molecule has 0 fully saturated rings. The van der Waals surface area contributed by atoms with E-state index in [2.05, 4.69) is 23.6 Å². The number of aliphatic hydroxyl groups excluding tert-OH is 1. The van der Waals surface area contributed by atoms with Crippen molar-refractivity contribution >= 4 is 28.8 Å². The Morgan fingerprint density at radius 1 is 1.50 bits per heavy atom. The summed E-state index contributed by atoms with van der Waals surface area (Å²) in [6.07, 6.45) is 1.95. The molecule has 0 bridgehead atoms. The highest BCUT2D eigenvalue weighted by Crippen LogP contribution is 2.21. The van der Waals surface area contributed by atoms with E-state index in [9.17, 15) is 4.79 Å². The number of allylic oxidation sites excluding steroid dienone is 1. The third-order valence-corrected chi connectivity index (χ3v) is 2.65. The lowest BCUT2D eigenvalue weighted by molar-refractivity contribution is -0.118. The average Bonchev–Trinajstić information content (AvgIpc) is 2.37. The molecule has 1 rings (SSSR count). The first-order chi connectivity index (χ1) is 8.61. The predicted octanol–water partition coefficient (Wildman–Crippen LogP) is 2.47. The molecule has 1 aromatic rings. The number of hydrogen-bond acceptors (Lipinski definition) is 2. The van der Waals surface area contributed by atoms with E-state index in [-0.39, 0.29) is 0 Å². The number of Topliss-reactive ketones (excluding diaryl/α,β-unsaturated/α-hetero) is 1. The van der Waals surface area contributed by atoms with Crippen LogP contribution in [0, 0.1) is 0 Å². The van der Waals surface area contributed by atoms with Crippen LogP contribution < -0.4 is 0 Å². The molecule has 0 aliphatic carbocycles. The van der Waals surface area contributed by atoms with Crippen LogP contribution in [0.2, 0.25) is 0 Å². The number of rotatable bonds is 6. The molecular weight excluding hydrogens is 248 g/mol. The third-order valence-electron chi connectivity index (χ3n) is 2.46. The number of aliphatic hydroxyl groups is 1. The van der Waals surface area contributed by atoms with Crippen molar-refractivity contribution in [3.63, 3.8) is 0 Å². The molecule has 1 atom stereocenters. The Balaban J connectivity index is 3.14. The number of carbonyl (C=O) groups excluding carboxylic acids is 1. The summed E-state index contributed by atoms with van der Waals surface area (Å²) in [6.45, 7) is 3.59. The molecule has 92 valence electrons. The minimum Gasteiger partial charge on any atom is -0.493 e. The Morgan fingerprint density at radius 3 is 2.56 bits per heavy atom. The fraction of sp³-hybridized carbons (Fsp3) is 0.154. The second kappa shape index (κ2) is 6.59. The first-order valence-corrected chi connectivity index (χ1v) is 5.68. The van der Waals surface area contributed by atoms with Crippen molar-refractivity contribution in [3.05, 3.63) is 54.1 Å². The maximum Gasteiger partial charge on any atom is 0.411 e. The normalized spacial score (nSPS) is 11.1. The number of ketones is 1. The lowest BCUT2D eigenvalue weighted by atomic mass is 9.89. The molecule has 0 spiro atoms. The topological polar surface area (TPSA) is 73.7 Å². The lowest BCUT2D eigenvalue weighted by Crippen LogP contribution is -2.28. The molecule has 0 aliphatic rings. The number of hydrogen-bond donors (Lipinski definition) is 1. The standard InChI is InChI=1S/C13H12N2O2S/c1-2-6-10(9-7-4-3-5-8-9)12(16)11(15-14)13(17)18/h2-5,7-8,10H,1,6H2,(H,17,18). The SMILES string of the molecule is C=CCC(C(=O)C(=[N+]=[N-])C(O)=S)c1ccccc1. The largest absolute Gasteiger partial charge is 0.493 e. The van der Waals surface area contributed by atoms with Gasteiger partial charge in [0.2, 0.25) is 0 Å². The lowest BCUT2D eigenvalue weighted by Gasteiger charge is -2.11. The van der Waals surface area contributed by atoms with Crippen molar-refractivity contribution in [1.82, 2.24) is 0 Å². The summed E-state index contributed by atoms with van der Waals surface area (Å²) in [6, 6.07) is 8.98. The Kier molecular flexibility index (Phi) is 5.11. The van der Waals surface area contributed by atoms with Gasteiger partial charge in [0.1, 0.15) is 0 Å². The number of nitrogens with zero attached hydrogens (tertiary/aromatic N) is 2. The first kappa shape index (κ1) is 14.0. The zero-order chi connectivity index (χ0) is 13.5. The minimum absolute atomic E-state index is 0.366. The maximum absolute atomic E-state index is 12.1. The van der Waals surface area contributed by atoms with Crippen molar-refractivity contribution in [2.75, 3.05) is 0 Å². The summed E-state index contributed by atoms with van der Waals surface area (Å²) < 4.78 is 0. The van der Waals surface area contributed by atoms with Gasteiger partial charge in [0.25, 0.3) is 10.8 Å². The van der Waals surface area contributed by atoms with Crippen molar-refractivity contribution in [3.8, 4) is 0 Å². The summed E-state index contributed by atoms with van der Waals surface area (Å²) >= 11 is 4.46. The quantitative estimate of drug-likeness (QED) is 0.281. The van der Waals surface area contributed by atoms with Crippen molar-refractivity contribution in [2.45, 2.75) is 12.3 Å². The summed E-state index contributed by atoms with van der Waals surface area (Å²) in [5.41, 5.74) is 8.98. The molecular formula is C13H12N2O2S. The molecule has 18 heavy (non-hydrogen) atoms. The summed E-state index contributed by atoms with van der Waals surface area (Å²) in [5.74, 6) is -1.10. The van der Waals surface area contributed by atoms with Gasteiger partial charge >= 0.3 is 5.71 Å². The van der Waals surface area contributed by atoms with Crippen LogP contribution >= 0.6 is 12.2 Å². The molecule has 0 radical (unpaired) electrons. The van der Waals surface area contributed by atoms with Crippen LogP contribution in [-0.2, 0) is 4.79 Å². The monoisotopic (exact) mass is 260 g/mol. The highest BCUT2D eigenvalue weighted by molar-refractivity contribution is 7.81. The molecule has 1 unspecified atom stereocenters. The van der Waals surface area contributed by atoms with Gasteiger partial charge in [-0.3, -0.25) is 4.79 Å². The molecule has 0 amide bonds. The summed E-state index contributed by atoms with van der Waals surface area (Å²) in [7, 11) is 0. The van der Waals surface area contributed by atoms with Crippen LogP contribution in [-0.4, -0.2) is 26.4 Å². The smallest absolute Gasteiger partial charge is 0.411 e. The molecule has 0 heterocycles. The van der Waals surface area contributed by atoms with Gasteiger partial charge in [-0.15, -0.1) is 6.58 Å². The highest BCUT2D eigenvalue weighted by Gasteiger charge is 2.33. The van der Waals surface area contributed by atoms with E-state index in [0.717, 1.165) is 5.56 Å². The number of carbonyl (C=O) groups is 1. The van der Waals surface area contributed by atoms with E-state index >= 15 is 0 Å². The van der Waals surface area contributed by atoms with Gasteiger partial charge in [-0.25, -0.2) is 0 Å². The van der Waals surface area contributed by atoms with Gasteiger partial charge < -0.3 is 10.6 Å². The van der Waals surface area contributed by atoms with E-state index in [1.54, 1.807) is 30.3 Å². The number of thiocarbonyl (C=S) groups is 1. The first-order valence-electron chi connectivity index (χ1n) is 5.27. The Bertz CT molecular complexity index is 519. The van der Waals surface area contributed by atoms with Crippen LogP contribution in [0.1, 0.15) is 17.9 Å². The van der Waals surface area contributed by atoms with E-state index in [1.807, 2.05) is 6.07 Å². The van der Waals surface area contributed by atoms with E-state index in [0.29, 0.717) is 6.42 Å². The Hall–Kier alpha value is -2.10. The molecule has 1 N–H and O–H groups in total. The van der Waals surface area contributed by atoms with Crippen LogP contribution in [0.25, 0.3) is 5.53 Å². The molecule has 0 saturated heterocycles. The molecule has 0 aliphatic heterocycles. The molecule has 0 aromatic heterocycles. The van der Waals surface area contributed by atoms with Crippen LogP contribution in [0.5, 0.6) is 0 Å². The summed E-state index contributed by atoms with van der Waals surface area (Å²) in [4.78, 5) is 14.9. The van der Waals surface area contributed by atoms with E-state index in [4.69, 9.17) is 10.6 Å². The van der Waals surface area contributed by atoms with Gasteiger partial charge in [0.15, 0.2) is 0 Å². The number of benzene rings is 1. The average molecular weight is 260 g/mol.